The molecule has 0 aliphatic carbocycles. The smallest absolute Gasteiger partial charge is 0.319 e. The molecule has 0 spiro atoms. The molecule has 124 valence electrons. The summed E-state index contributed by atoms with van der Waals surface area (Å²) in [5, 5.41) is 6.96. The number of hydrogen-bond acceptors (Lipinski definition) is 3. The lowest BCUT2D eigenvalue weighted by molar-refractivity contribution is 0.155. The maximum Gasteiger partial charge on any atom is 0.319 e. The van der Waals surface area contributed by atoms with E-state index >= 15 is 0 Å². The Morgan fingerprint density at radius 3 is 2.70 bits per heavy atom. The van der Waals surface area contributed by atoms with Gasteiger partial charge in [0.1, 0.15) is 0 Å². The number of likely N-dealkylation sites (N-methyl/N-ethyl adjacent to an activating group) is 1. The first-order valence-electron chi connectivity index (χ1n) is 8.13. The molecule has 3 rings (SSSR count). The van der Waals surface area contributed by atoms with Crippen LogP contribution < -0.4 is 10.6 Å². The summed E-state index contributed by atoms with van der Waals surface area (Å²) in [6.45, 7) is 5.91. The lowest BCUT2D eigenvalue weighted by Crippen LogP contribution is -2.47. The Hall–Kier alpha value is -2.05. The van der Waals surface area contributed by atoms with Crippen molar-refractivity contribution in [1.29, 1.82) is 0 Å². The number of piperazine rings is 1. The highest BCUT2D eigenvalue weighted by Gasteiger charge is 2.13. The number of benzene rings is 1. The molecule has 2 heterocycles. The first-order valence-corrected chi connectivity index (χ1v) is 8.13. The van der Waals surface area contributed by atoms with Crippen LogP contribution in [0.15, 0.2) is 30.5 Å². The molecule has 1 fully saturated rings. The predicted molar refractivity (Wildman–Crippen MR) is 93.9 cm³/mol. The molecular formula is C17H25N5O. The molecule has 1 aliphatic rings. The lowest BCUT2D eigenvalue weighted by atomic mass is 10.2. The summed E-state index contributed by atoms with van der Waals surface area (Å²) in [4.78, 5) is 16.8. The number of anilines is 1. The van der Waals surface area contributed by atoms with Crippen molar-refractivity contribution < 1.29 is 4.79 Å². The summed E-state index contributed by atoms with van der Waals surface area (Å²) >= 11 is 0. The fraction of sp³-hybridized carbons (Fsp3) is 0.471. The number of carbonyl (C=O) groups excluding carboxylic acids is 1. The fourth-order valence-electron chi connectivity index (χ4n) is 2.98. The highest BCUT2D eigenvalue weighted by molar-refractivity contribution is 6.00. The molecular weight excluding hydrogens is 290 g/mol. The number of rotatable bonds is 4. The van der Waals surface area contributed by atoms with E-state index in [-0.39, 0.29) is 6.03 Å². The summed E-state index contributed by atoms with van der Waals surface area (Å²) < 4.78 is 2.05. The molecule has 23 heavy (non-hydrogen) atoms. The Labute approximate surface area is 137 Å². The summed E-state index contributed by atoms with van der Waals surface area (Å²) in [6, 6.07) is 7.82. The number of urea groups is 1. The van der Waals surface area contributed by atoms with Gasteiger partial charge >= 0.3 is 6.03 Å². The van der Waals surface area contributed by atoms with E-state index in [4.69, 9.17) is 0 Å². The molecule has 1 aromatic heterocycles. The van der Waals surface area contributed by atoms with Gasteiger partial charge in [0.15, 0.2) is 0 Å². The molecule has 0 bridgehead atoms. The molecule has 0 saturated carbocycles. The van der Waals surface area contributed by atoms with E-state index in [0.717, 1.165) is 49.3 Å². The maximum absolute atomic E-state index is 12.1. The van der Waals surface area contributed by atoms with Gasteiger partial charge in [-0.05, 0) is 25.2 Å². The Morgan fingerprint density at radius 1 is 1.13 bits per heavy atom. The van der Waals surface area contributed by atoms with Crippen LogP contribution in [0, 0.1) is 0 Å². The van der Waals surface area contributed by atoms with E-state index in [1.807, 2.05) is 42.1 Å². The summed E-state index contributed by atoms with van der Waals surface area (Å²) in [5.74, 6) is 0. The van der Waals surface area contributed by atoms with Crippen LogP contribution in [0.1, 0.15) is 0 Å². The standard InChI is InChI=1S/C17H25N5O/c1-20-10-12-22(13-11-20)9-7-18-17(23)19-15-4-3-5-16-14(15)6-8-21(16)2/h3-6,8H,7,9-13H2,1-2H3,(H2,18,19,23). The van der Waals surface area contributed by atoms with Gasteiger partial charge in [-0.15, -0.1) is 0 Å². The van der Waals surface area contributed by atoms with Gasteiger partial charge in [-0.25, -0.2) is 4.79 Å². The van der Waals surface area contributed by atoms with Crippen molar-refractivity contribution in [3.8, 4) is 0 Å². The number of carbonyl (C=O) groups is 1. The summed E-state index contributed by atoms with van der Waals surface area (Å²) in [6.07, 6.45) is 2.00. The number of hydrogen-bond donors (Lipinski definition) is 2. The molecule has 0 unspecified atom stereocenters. The number of nitrogens with zero attached hydrogens (tertiary/aromatic N) is 3. The molecule has 0 atom stereocenters. The second-order valence-electron chi connectivity index (χ2n) is 6.19. The minimum atomic E-state index is -0.143. The first-order chi connectivity index (χ1) is 11.1. The van der Waals surface area contributed by atoms with Crippen molar-refractivity contribution in [2.75, 3.05) is 51.6 Å². The van der Waals surface area contributed by atoms with Gasteiger partial charge in [-0.2, -0.15) is 0 Å². The molecule has 1 saturated heterocycles. The van der Waals surface area contributed by atoms with Crippen molar-refractivity contribution in [3.63, 3.8) is 0 Å². The van der Waals surface area contributed by atoms with Gasteiger partial charge in [0.2, 0.25) is 0 Å². The predicted octanol–water partition coefficient (Wildman–Crippen LogP) is 1.55. The largest absolute Gasteiger partial charge is 0.350 e. The Kier molecular flexibility index (Phi) is 4.83. The van der Waals surface area contributed by atoms with E-state index in [2.05, 4.69) is 27.5 Å². The van der Waals surface area contributed by atoms with E-state index in [9.17, 15) is 4.79 Å². The third-order valence-electron chi connectivity index (χ3n) is 4.49. The van der Waals surface area contributed by atoms with Crippen molar-refractivity contribution in [2.45, 2.75) is 0 Å². The van der Waals surface area contributed by atoms with Gasteiger partial charge in [-0.1, -0.05) is 6.07 Å². The Morgan fingerprint density at radius 2 is 1.91 bits per heavy atom. The van der Waals surface area contributed by atoms with Crippen LogP contribution in [-0.2, 0) is 7.05 Å². The van der Waals surface area contributed by atoms with Gasteiger partial charge in [0, 0.05) is 63.4 Å². The quantitative estimate of drug-likeness (QED) is 0.900. The molecule has 6 heteroatoms. The van der Waals surface area contributed by atoms with E-state index in [1.54, 1.807) is 0 Å². The van der Waals surface area contributed by atoms with Gasteiger partial charge in [0.05, 0.1) is 5.69 Å². The van der Waals surface area contributed by atoms with Crippen molar-refractivity contribution >= 4 is 22.6 Å². The van der Waals surface area contributed by atoms with E-state index in [1.165, 1.54) is 0 Å². The number of aromatic nitrogens is 1. The number of amides is 2. The molecule has 1 aromatic carbocycles. The van der Waals surface area contributed by atoms with Crippen LogP contribution >= 0.6 is 0 Å². The summed E-state index contributed by atoms with van der Waals surface area (Å²) in [5.41, 5.74) is 1.96. The minimum Gasteiger partial charge on any atom is -0.350 e. The van der Waals surface area contributed by atoms with Gasteiger partial charge in [0.25, 0.3) is 0 Å². The van der Waals surface area contributed by atoms with Crippen LogP contribution in [0.3, 0.4) is 0 Å². The molecule has 2 aromatic rings. The zero-order valence-electron chi connectivity index (χ0n) is 13.9. The number of aryl methyl sites for hydroxylation is 1. The zero-order chi connectivity index (χ0) is 16.2. The second kappa shape index (κ2) is 7.02. The topological polar surface area (TPSA) is 52.5 Å². The fourth-order valence-corrected chi connectivity index (χ4v) is 2.98. The Balaban J connectivity index is 1.49. The van der Waals surface area contributed by atoms with Crippen LogP contribution in [0.4, 0.5) is 10.5 Å². The first kappa shape index (κ1) is 15.8. The van der Waals surface area contributed by atoms with Crippen molar-refractivity contribution in [2.24, 2.45) is 7.05 Å². The highest BCUT2D eigenvalue weighted by atomic mass is 16.2. The van der Waals surface area contributed by atoms with Crippen molar-refractivity contribution in [3.05, 3.63) is 30.5 Å². The van der Waals surface area contributed by atoms with Crippen LogP contribution in [0.2, 0.25) is 0 Å². The van der Waals surface area contributed by atoms with Gasteiger partial charge < -0.3 is 20.1 Å². The van der Waals surface area contributed by atoms with Crippen molar-refractivity contribution in [1.82, 2.24) is 19.7 Å². The molecule has 2 N–H and O–H groups in total. The number of nitrogens with one attached hydrogen (secondary N) is 2. The molecule has 6 nitrogen and oxygen atoms in total. The maximum atomic E-state index is 12.1. The SMILES string of the molecule is CN1CCN(CCNC(=O)Nc2cccc3c2ccn3C)CC1. The van der Waals surface area contributed by atoms with E-state index in [0.29, 0.717) is 6.54 Å². The summed E-state index contributed by atoms with van der Waals surface area (Å²) in [7, 11) is 4.15. The molecule has 0 radical (unpaired) electrons. The Bertz CT molecular complexity index is 673. The average Bonchev–Trinajstić information content (AvgIpc) is 2.92. The highest BCUT2D eigenvalue weighted by Crippen LogP contribution is 2.23. The zero-order valence-corrected chi connectivity index (χ0v) is 13.9. The second-order valence-corrected chi connectivity index (χ2v) is 6.19. The lowest BCUT2D eigenvalue weighted by Gasteiger charge is -2.32. The monoisotopic (exact) mass is 315 g/mol. The molecule has 1 aliphatic heterocycles. The van der Waals surface area contributed by atoms with E-state index < -0.39 is 0 Å². The van der Waals surface area contributed by atoms with Crippen LogP contribution in [0.25, 0.3) is 10.9 Å². The third-order valence-corrected chi connectivity index (χ3v) is 4.49. The minimum absolute atomic E-state index is 0.143. The molecule has 2 amide bonds. The van der Waals surface area contributed by atoms with Gasteiger partial charge in [-0.3, -0.25) is 4.90 Å². The van der Waals surface area contributed by atoms with Crippen LogP contribution in [0.5, 0.6) is 0 Å². The average molecular weight is 315 g/mol. The normalized spacial score (nSPS) is 16.6. The number of fused-ring (bicyclic) bond motifs is 1. The van der Waals surface area contributed by atoms with Crippen LogP contribution in [-0.4, -0.2) is 66.7 Å². The third kappa shape index (κ3) is 3.83.